The number of hydrogen-bond acceptors (Lipinski definition) is 7. The minimum Gasteiger partial charge on any atom is -0.454 e. The molecular weight excluding hydrogens is 1420 g/mol. The number of hydrogen-bond donors (Lipinski definition) is 0. The summed E-state index contributed by atoms with van der Waals surface area (Å²) in [5.74, 6) is 0. The molecule has 112 heavy (non-hydrogen) atoms. The van der Waals surface area contributed by atoms with Crippen molar-refractivity contribution in [1.82, 2.24) is 8.96 Å². The first kappa shape index (κ1) is 63.8. The molecule has 0 N–H and O–H groups in total. The summed E-state index contributed by atoms with van der Waals surface area (Å²) in [5.41, 5.74) is 39.3. The van der Waals surface area contributed by atoms with Crippen molar-refractivity contribution in [2.45, 2.75) is 136 Å². The number of nitrogens with zero attached hydrogens (tertiary/aromatic N) is 4. The van der Waals surface area contributed by atoms with Gasteiger partial charge in [0.25, 0.3) is 0 Å². The Morgan fingerprint density at radius 1 is 0.357 bits per heavy atom. The van der Waals surface area contributed by atoms with Crippen LogP contribution in [-0.2, 0) is 27.1 Å². The Bertz CT molecular complexity index is 7700. The van der Waals surface area contributed by atoms with E-state index in [0.717, 1.165) is 62.5 Å². The first-order valence-electron chi connectivity index (χ1n) is 40.4. The van der Waals surface area contributed by atoms with Crippen molar-refractivity contribution >= 4 is 209 Å². The standard InChI is InChI=1S/C101H78B2N4O2S3/c1-51-43-69-71(99(7,8)41-39-97(69,3)4)49-73(51)104-75-48-67-56-37-35-54(46-80(56)110-93(67)82-63-29-22-28-62-81-58-24-14-18-32-76(58)109-94(81)107(89(62)63)103(87(75)82)85-60-25-15-19-33-78(60)111-95(85)104)53-36-38-59-77(45-53)108-92-64-30-21-27-57-66-47-65-55-23-13-17-31-68(55)101(11,12)83(65)91-84(66)102(106(88(57)64)90(59)92)86-61-26-16-20-34-79(61)112-96(86)105(91)74-50-72-70(44-52(74)2)98(5,6)40-42-100(72,9)10/h13-38,43-50H,39-42H2,1-12H3. The lowest BCUT2D eigenvalue weighted by molar-refractivity contribution is 0.332. The van der Waals surface area contributed by atoms with E-state index >= 15 is 0 Å². The van der Waals surface area contributed by atoms with Crippen LogP contribution in [-0.4, -0.2) is 22.7 Å². The lowest BCUT2D eigenvalue weighted by atomic mass is 9.44. The van der Waals surface area contributed by atoms with E-state index < -0.39 is 0 Å². The molecule has 538 valence electrons. The molecule has 0 saturated heterocycles. The van der Waals surface area contributed by atoms with Gasteiger partial charge in [0.15, 0.2) is 11.3 Å². The minimum absolute atomic E-state index is 0.0113. The number of fused-ring (bicyclic) bond motifs is 32. The second-order valence-electron chi connectivity index (χ2n) is 37.1. The highest BCUT2D eigenvalue weighted by Gasteiger charge is 2.53. The summed E-state index contributed by atoms with van der Waals surface area (Å²) in [5, 5.41) is 13.6. The quantitative estimate of drug-likeness (QED) is 0.165. The zero-order chi connectivity index (χ0) is 74.9. The maximum atomic E-state index is 7.59. The number of thiophene rings is 3. The Hall–Kier alpha value is -10.8. The third-order valence-electron chi connectivity index (χ3n) is 28.8. The van der Waals surface area contributed by atoms with E-state index in [4.69, 9.17) is 8.83 Å². The van der Waals surface area contributed by atoms with Gasteiger partial charge < -0.3 is 27.6 Å². The van der Waals surface area contributed by atoms with Gasteiger partial charge in [-0.2, -0.15) is 0 Å². The second kappa shape index (κ2) is 20.7. The Kier molecular flexibility index (Phi) is 11.8. The van der Waals surface area contributed by atoms with Crippen molar-refractivity contribution in [3.05, 3.63) is 251 Å². The SMILES string of the molecule is Cc1cc2c(cc1N1c3cc4c(sc5cc(-c6ccc7c(c6)oc6c8cccc9c8n(c76)B6c7c-9cc8c(c7N(c7cc9c(cc7C)C(C)(C)CCC9(C)C)c7sc9ccccc9c76)C(C)(C)c6ccccc6-8)ccc54)c4c3B(c3c1sc1ccccc31)n1c3oc5ccccc5c3c3cccc-4c31)C(C)(C)CCC2(C)C. The van der Waals surface area contributed by atoms with Gasteiger partial charge >= 0.3 is 13.7 Å². The van der Waals surface area contributed by atoms with E-state index in [1.807, 2.05) is 34.0 Å². The second-order valence-corrected chi connectivity index (χ2v) is 40.2. The molecule has 19 aromatic rings. The molecule has 0 bridgehead atoms. The fourth-order valence-corrected chi connectivity index (χ4v) is 26.9. The van der Waals surface area contributed by atoms with E-state index in [-0.39, 0.29) is 40.8 Å². The maximum Gasteiger partial charge on any atom is 0.337 e. The highest BCUT2D eigenvalue weighted by molar-refractivity contribution is 7.28. The minimum atomic E-state index is -0.306. The number of aromatic nitrogens is 2. The molecular formula is C101H78B2N4O2S3. The molecule has 0 atom stereocenters. The van der Waals surface area contributed by atoms with Gasteiger partial charge in [0.05, 0.1) is 32.3 Å². The first-order valence-corrected chi connectivity index (χ1v) is 42.8. The molecule has 11 heteroatoms. The fraction of sp³-hybridized carbons (Fsp3) is 0.208. The molecule has 0 spiro atoms. The summed E-state index contributed by atoms with van der Waals surface area (Å²) >= 11 is 5.87. The molecule has 0 radical (unpaired) electrons. The summed E-state index contributed by atoms with van der Waals surface area (Å²) in [7, 11) is 0. The topological polar surface area (TPSA) is 42.6 Å². The Balaban J connectivity index is 0.694. The van der Waals surface area contributed by atoms with Crippen molar-refractivity contribution in [1.29, 1.82) is 0 Å². The van der Waals surface area contributed by atoms with Gasteiger partial charge in [-0.05, 0) is 233 Å². The smallest absolute Gasteiger partial charge is 0.337 e. The number of para-hydroxylation sites is 3. The van der Waals surface area contributed by atoms with Gasteiger partial charge in [-0.15, -0.1) is 34.0 Å². The van der Waals surface area contributed by atoms with Crippen molar-refractivity contribution in [3.63, 3.8) is 0 Å². The van der Waals surface area contributed by atoms with E-state index in [1.165, 1.54) is 213 Å². The summed E-state index contributed by atoms with van der Waals surface area (Å²) < 4.78 is 25.4. The number of furan rings is 2. The van der Waals surface area contributed by atoms with Crippen LogP contribution < -0.4 is 31.7 Å². The van der Waals surface area contributed by atoms with Gasteiger partial charge in [0, 0.05) is 95.6 Å². The predicted octanol–water partition coefficient (Wildman–Crippen LogP) is 26.3. The van der Waals surface area contributed by atoms with Crippen LogP contribution in [0.5, 0.6) is 0 Å². The van der Waals surface area contributed by atoms with E-state index in [2.05, 4.69) is 308 Å². The molecule has 6 nitrogen and oxygen atoms in total. The van der Waals surface area contributed by atoms with Crippen molar-refractivity contribution in [3.8, 4) is 44.5 Å². The van der Waals surface area contributed by atoms with Gasteiger partial charge in [-0.1, -0.05) is 209 Å². The lowest BCUT2D eigenvalue weighted by Gasteiger charge is -2.45. The van der Waals surface area contributed by atoms with Crippen LogP contribution >= 0.6 is 34.0 Å². The fourth-order valence-electron chi connectivity index (χ4n) is 23.1. The van der Waals surface area contributed by atoms with Crippen LogP contribution in [0.15, 0.2) is 215 Å². The van der Waals surface area contributed by atoms with Crippen LogP contribution in [0.25, 0.3) is 151 Å². The van der Waals surface area contributed by atoms with E-state index in [0.29, 0.717) is 0 Å². The van der Waals surface area contributed by atoms with Gasteiger partial charge in [-0.25, -0.2) is 0 Å². The van der Waals surface area contributed by atoms with Crippen molar-refractivity contribution < 1.29 is 8.83 Å². The largest absolute Gasteiger partial charge is 0.454 e. The maximum absolute atomic E-state index is 7.59. The summed E-state index contributed by atoms with van der Waals surface area (Å²) in [6.45, 7) is 29.2. The number of aryl methyl sites for hydroxylation is 2. The third-order valence-corrected chi connectivity index (χ3v) is 32.4. The lowest BCUT2D eigenvalue weighted by Crippen LogP contribution is -2.57. The molecule has 4 aliphatic heterocycles. The molecule has 12 aromatic carbocycles. The first-order chi connectivity index (χ1) is 54.1. The zero-order valence-corrected chi connectivity index (χ0v) is 67.4. The molecule has 7 aromatic heterocycles. The highest BCUT2D eigenvalue weighted by Crippen LogP contribution is 2.62. The van der Waals surface area contributed by atoms with Crippen LogP contribution in [0.3, 0.4) is 0 Å². The summed E-state index contributed by atoms with van der Waals surface area (Å²) in [6.07, 6.45) is 4.63. The summed E-state index contributed by atoms with van der Waals surface area (Å²) in [4.78, 5) is 5.51. The zero-order valence-electron chi connectivity index (χ0n) is 64.9. The number of anilines is 6. The van der Waals surface area contributed by atoms with Crippen LogP contribution in [0.4, 0.5) is 32.8 Å². The predicted molar refractivity (Wildman–Crippen MR) is 480 cm³/mol. The number of rotatable bonds is 3. The van der Waals surface area contributed by atoms with Gasteiger partial charge in [-0.3, -0.25) is 0 Å². The van der Waals surface area contributed by atoms with Crippen LogP contribution in [0.2, 0.25) is 0 Å². The average molecular weight is 1500 g/mol. The van der Waals surface area contributed by atoms with E-state index in [9.17, 15) is 0 Å². The Morgan fingerprint density at radius 3 is 1.61 bits per heavy atom. The van der Waals surface area contributed by atoms with Gasteiger partial charge in [0.1, 0.15) is 11.2 Å². The molecule has 3 aliphatic carbocycles. The molecule has 11 heterocycles. The van der Waals surface area contributed by atoms with Crippen LogP contribution in [0, 0.1) is 13.8 Å². The van der Waals surface area contributed by atoms with Gasteiger partial charge in [0.2, 0.25) is 0 Å². The molecule has 0 amide bonds. The Morgan fingerprint density at radius 2 is 0.911 bits per heavy atom. The monoisotopic (exact) mass is 1500 g/mol. The van der Waals surface area contributed by atoms with Crippen molar-refractivity contribution in [2.75, 3.05) is 9.80 Å². The Labute approximate surface area is 662 Å². The molecule has 0 saturated carbocycles. The number of benzene rings is 12. The van der Waals surface area contributed by atoms with Crippen LogP contribution in [0.1, 0.15) is 139 Å². The molecule has 0 fully saturated rings. The molecule has 26 rings (SSSR count). The average Bonchev–Trinajstić information content (AvgIpc) is 1.46. The van der Waals surface area contributed by atoms with Crippen molar-refractivity contribution in [2.24, 2.45) is 0 Å². The molecule has 7 aliphatic rings. The molecule has 0 unspecified atom stereocenters. The van der Waals surface area contributed by atoms with E-state index in [1.54, 1.807) is 0 Å². The summed E-state index contributed by atoms with van der Waals surface area (Å²) in [6, 6.07) is 80.5. The normalized spacial score (nSPS) is 17.2. The third kappa shape index (κ3) is 7.67. The highest BCUT2D eigenvalue weighted by atomic mass is 32.1.